The minimum atomic E-state index is -3.66. The van der Waals surface area contributed by atoms with Crippen molar-refractivity contribution in [3.05, 3.63) is 54.0 Å². The predicted octanol–water partition coefficient (Wildman–Crippen LogP) is 1.96. The molecule has 0 bridgehead atoms. The molecule has 140 valence electrons. The van der Waals surface area contributed by atoms with E-state index in [1.807, 2.05) is 0 Å². The van der Waals surface area contributed by atoms with E-state index in [9.17, 15) is 18.3 Å². The van der Waals surface area contributed by atoms with Gasteiger partial charge in [0.25, 0.3) is 5.91 Å². The molecule has 0 saturated heterocycles. The summed E-state index contributed by atoms with van der Waals surface area (Å²) in [7, 11) is -3.66. The molecule has 3 rings (SSSR count). The number of carbonyl (C=O) groups excluding carboxylic acids is 1. The standard InChI is InChI=1S/C18H22N2O5S/c21-16(17-9-4-10-25-17)12-19-18(22)13-5-3-8-15(11-13)26(23,24)20-14-6-1-2-7-14/h3-5,8-11,14,16,20-21H,1-2,6-7,12H2,(H,19,22). The zero-order valence-corrected chi connectivity index (χ0v) is 15.0. The molecule has 1 aromatic carbocycles. The van der Waals surface area contributed by atoms with E-state index in [0.717, 1.165) is 25.7 Å². The maximum Gasteiger partial charge on any atom is 0.251 e. The second kappa shape index (κ2) is 8.03. The molecule has 1 aliphatic carbocycles. The van der Waals surface area contributed by atoms with Gasteiger partial charge in [0.05, 0.1) is 17.7 Å². The fourth-order valence-electron chi connectivity index (χ4n) is 3.01. The van der Waals surface area contributed by atoms with E-state index in [2.05, 4.69) is 10.0 Å². The van der Waals surface area contributed by atoms with Gasteiger partial charge in [0.2, 0.25) is 10.0 Å². The number of hydrogen-bond acceptors (Lipinski definition) is 5. The van der Waals surface area contributed by atoms with Crippen molar-refractivity contribution in [1.82, 2.24) is 10.0 Å². The Bertz CT molecular complexity index is 842. The molecule has 1 aliphatic rings. The van der Waals surface area contributed by atoms with Crippen molar-refractivity contribution in [2.24, 2.45) is 0 Å². The van der Waals surface area contributed by atoms with E-state index in [0.29, 0.717) is 5.76 Å². The van der Waals surface area contributed by atoms with Crippen LogP contribution in [0.15, 0.2) is 52.0 Å². The summed E-state index contributed by atoms with van der Waals surface area (Å²) in [6.07, 6.45) is 4.19. The fraction of sp³-hybridized carbons (Fsp3) is 0.389. The molecule has 0 aliphatic heterocycles. The number of amides is 1. The quantitative estimate of drug-likeness (QED) is 0.682. The van der Waals surface area contributed by atoms with Crippen LogP contribution >= 0.6 is 0 Å². The number of nitrogens with one attached hydrogen (secondary N) is 2. The number of aliphatic hydroxyl groups excluding tert-OH is 1. The molecular weight excluding hydrogens is 356 g/mol. The van der Waals surface area contributed by atoms with Crippen LogP contribution in [0.4, 0.5) is 0 Å². The van der Waals surface area contributed by atoms with Crippen molar-refractivity contribution >= 4 is 15.9 Å². The van der Waals surface area contributed by atoms with Crippen molar-refractivity contribution in [1.29, 1.82) is 0 Å². The summed E-state index contributed by atoms with van der Waals surface area (Å²) in [6, 6.07) is 9.08. The molecule has 1 unspecified atom stereocenters. The number of sulfonamides is 1. The highest BCUT2D eigenvalue weighted by atomic mass is 32.2. The average molecular weight is 378 g/mol. The Balaban J connectivity index is 1.65. The van der Waals surface area contributed by atoms with Gasteiger partial charge in [0.15, 0.2) is 0 Å². The molecule has 3 N–H and O–H groups in total. The number of benzene rings is 1. The Morgan fingerprint density at radius 1 is 1.23 bits per heavy atom. The first-order chi connectivity index (χ1) is 12.5. The van der Waals surface area contributed by atoms with Gasteiger partial charge in [0.1, 0.15) is 11.9 Å². The topological polar surface area (TPSA) is 109 Å². The molecule has 1 amide bonds. The highest BCUT2D eigenvalue weighted by Gasteiger charge is 2.23. The first-order valence-electron chi connectivity index (χ1n) is 8.58. The molecular formula is C18H22N2O5S. The fourth-order valence-corrected chi connectivity index (χ4v) is 4.36. The van der Waals surface area contributed by atoms with Gasteiger partial charge in [-0.3, -0.25) is 4.79 Å². The number of rotatable bonds is 7. The molecule has 0 radical (unpaired) electrons. The summed E-state index contributed by atoms with van der Waals surface area (Å²) in [4.78, 5) is 12.3. The summed E-state index contributed by atoms with van der Waals surface area (Å²) < 4.78 is 32.7. The third-order valence-electron chi connectivity index (χ3n) is 4.41. The molecule has 1 atom stereocenters. The molecule has 8 heteroatoms. The summed E-state index contributed by atoms with van der Waals surface area (Å²) >= 11 is 0. The van der Waals surface area contributed by atoms with Crippen molar-refractivity contribution < 1.29 is 22.7 Å². The lowest BCUT2D eigenvalue weighted by molar-refractivity contribution is 0.0901. The minimum absolute atomic E-state index is 0.0380. The van der Waals surface area contributed by atoms with Crippen LogP contribution < -0.4 is 10.0 Å². The number of hydrogen-bond donors (Lipinski definition) is 3. The molecule has 0 spiro atoms. The van der Waals surface area contributed by atoms with Crippen molar-refractivity contribution in [2.45, 2.75) is 42.7 Å². The lowest BCUT2D eigenvalue weighted by Crippen LogP contribution is -2.33. The lowest BCUT2D eigenvalue weighted by atomic mass is 10.2. The Hall–Kier alpha value is -2.16. The number of carbonyl (C=O) groups is 1. The Morgan fingerprint density at radius 2 is 2.00 bits per heavy atom. The van der Waals surface area contributed by atoms with Crippen LogP contribution in [0.25, 0.3) is 0 Å². The van der Waals surface area contributed by atoms with E-state index >= 15 is 0 Å². The molecule has 1 fully saturated rings. The molecule has 26 heavy (non-hydrogen) atoms. The van der Waals surface area contributed by atoms with Gasteiger partial charge in [-0.15, -0.1) is 0 Å². The molecule has 1 saturated carbocycles. The van der Waals surface area contributed by atoms with E-state index in [4.69, 9.17) is 4.42 Å². The average Bonchev–Trinajstić information content (AvgIpc) is 3.33. The van der Waals surface area contributed by atoms with Gasteiger partial charge in [-0.25, -0.2) is 13.1 Å². The second-order valence-electron chi connectivity index (χ2n) is 6.37. The normalized spacial score (nSPS) is 16.5. The maximum absolute atomic E-state index is 12.5. The summed E-state index contributed by atoms with van der Waals surface area (Å²) in [5.74, 6) is -0.115. The highest BCUT2D eigenvalue weighted by molar-refractivity contribution is 7.89. The summed E-state index contributed by atoms with van der Waals surface area (Å²) in [5.41, 5.74) is 0.214. The van der Waals surface area contributed by atoms with Gasteiger partial charge in [0, 0.05) is 11.6 Å². The van der Waals surface area contributed by atoms with Gasteiger partial charge in [-0.1, -0.05) is 18.9 Å². The van der Waals surface area contributed by atoms with Gasteiger partial charge < -0.3 is 14.8 Å². The van der Waals surface area contributed by atoms with Gasteiger partial charge in [-0.05, 0) is 43.2 Å². The predicted molar refractivity (Wildman–Crippen MR) is 95.0 cm³/mol. The first-order valence-corrected chi connectivity index (χ1v) is 10.1. The molecule has 1 heterocycles. The van der Waals surface area contributed by atoms with Crippen molar-refractivity contribution in [3.63, 3.8) is 0 Å². The Kier molecular flexibility index (Phi) is 5.75. The third kappa shape index (κ3) is 4.51. The van der Waals surface area contributed by atoms with Crippen LogP contribution in [0, 0.1) is 0 Å². The van der Waals surface area contributed by atoms with E-state index < -0.39 is 22.0 Å². The van der Waals surface area contributed by atoms with Crippen LogP contribution in [0.2, 0.25) is 0 Å². The van der Waals surface area contributed by atoms with Gasteiger partial charge in [-0.2, -0.15) is 0 Å². The SMILES string of the molecule is O=C(NCC(O)c1ccco1)c1cccc(S(=O)(=O)NC2CCCC2)c1. The summed E-state index contributed by atoms with van der Waals surface area (Å²) in [6.45, 7) is -0.0380. The van der Waals surface area contributed by atoms with Crippen molar-refractivity contribution in [3.8, 4) is 0 Å². The second-order valence-corrected chi connectivity index (χ2v) is 8.09. The van der Waals surface area contributed by atoms with Crippen LogP contribution in [0.1, 0.15) is 47.9 Å². The maximum atomic E-state index is 12.5. The largest absolute Gasteiger partial charge is 0.467 e. The Labute approximate surface area is 152 Å². The minimum Gasteiger partial charge on any atom is -0.467 e. The summed E-state index contributed by atoms with van der Waals surface area (Å²) in [5, 5.41) is 12.5. The van der Waals surface area contributed by atoms with Crippen LogP contribution in [0.3, 0.4) is 0 Å². The smallest absolute Gasteiger partial charge is 0.251 e. The lowest BCUT2D eigenvalue weighted by Gasteiger charge is -2.13. The number of aliphatic hydroxyl groups is 1. The number of furan rings is 1. The van der Waals surface area contributed by atoms with Gasteiger partial charge >= 0.3 is 0 Å². The molecule has 7 nitrogen and oxygen atoms in total. The molecule has 2 aromatic rings. The van der Waals surface area contributed by atoms with Crippen LogP contribution in [0.5, 0.6) is 0 Å². The van der Waals surface area contributed by atoms with E-state index in [1.54, 1.807) is 12.1 Å². The van der Waals surface area contributed by atoms with Crippen molar-refractivity contribution in [2.75, 3.05) is 6.54 Å². The highest BCUT2D eigenvalue weighted by Crippen LogP contribution is 2.21. The van der Waals surface area contributed by atoms with E-state index in [-0.39, 0.29) is 23.0 Å². The first kappa shape index (κ1) is 18.6. The van der Waals surface area contributed by atoms with E-state index in [1.165, 1.54) is 30.5 Å². The Morgan fingerprint density at radius 3 is 2.69 bits per heavy atom. The van der Waals surface area contributed by atoms with Crippen LogP contribution in [-0.4, -0.2) is 32.0 Å². The third-order valence-corrected chi connectivity index (χ3v) is 5.93. The zero-order valence-electron chi connectivity index (χ0n) is 14.2. The van der Waals surface area contributed by atoms with Crippen LogP contribution in [-0.2, 0) is 10.0 Å². The molecule has 1 aromatic heterocycles. The monoisotopic (exact) mass is 378 g/mol. The zero-order chi connectivity index (χ0) is 18.6.